The summed E-state index contributed by atoms with van der Waals surface area (Å²) in [5.41, 5.74) is 1.18. The molecule has 2 aromatic rings. The summed E-state index contributed by atoms with van der Waals surface area (Å²) < 4.78 is 12.1. The van der Waals surface area contributed by atoms with Gasteiger partial charge in [-0.05, 0) is 23.6 Å². The van der Waals surface area contributed by atoms with Gasteiger partial charge in [0.2, 0.25) is 0 Å². The Balaban J connectivity index is 1.93. The quantitative estimate of drug-likeness (QED) is 0.798. The molecule has 98 valence electrons. The molecule has 0 saturated carbocycles. The molecule has 19 heavy (non-hydrogen) atoms. The number of rotatable bonds is 5. The van der Waals surface area contributed by atoms with Crippen molar-refractivity contribution in [1.82, 2.24) is 0 Å². The van der Waals surface area contributed by atoms with Gasteiger partial charge in [0.25, 0.3) is 0 Å². The molecule has 2 heteroatoms. The Morgan fingerprint density at radius 1 is 1.00 bits per heavy atom. The van der Waals surface area contributed by atoms with E-state index < -0.39 is 10.8 Å². The summed E-state index contributed by atoms with van der Waals surface area (Å²) in [7, 11) is -0.923. The molecule has 0 fully saturated rings. The third-order valence-electron chi connectivity index (χ3n) is 2.84. The van der Waals surface area contributed by atoms with Crippen LogP contribution in [0.25, 0.3) is 6.08 Å². The van der Waals surface area contributed by atoms with Crippen molar-refractivity contribution in [3.63, 3.8) is 0 Å². The minimum absolute atomic E-state index is 0.293. The van der Waals surface area contributed by atoms with Crippen molar-refractivity contribution in [3.8, 4) is 0 Å². The zero-order valence-electron chi connectivity index (χ0n) is 11.0. The van der Waals surface area contributed by atoms with Gasteiger partial charge in [-0.25, -0.2) is 0 Å². The lowest BCUT2D eigenvalue weighted by molar-refractivity contribution is 0.675. The van der Waals surface area contributed by atoms with E-state index in [4.69, 9.17) is 0 Å². The van der Waals surface area contributed by atoms with Gasteiger partial charge in [0, 0.05) is 10.6 Å². The highest BCUT2D eigenvalue weighted by Crippen LogP contribution is 2.12. The molecule has 0 radical (unpaired) electrons. The average Bonchev–Trinajstić information content (AvgIpc) is 2.47. The average molecular weight is 270 g/mol. The maximum Gasteiger partial charge on any atom is 0.0535 e. The summed E-state index contributed by atoms with van der Waals surface area (Å²) >= 11 is 0. The molecule has 0 aliphatic heterocycles. The Bertz CT molecular complexity index is 546. The van der Waals surface area contributed by atoms with E-state index in [1.165, 1.54) is 5.56 Å². The molecule has 0 bridgehead atoms. The molecule has 1 nitrogen and oxygen atoms in total. The first-order chi connectivity index (χ1) is 9.25. The Morgan fingerprint density at radius 3 is 2.21 bits per heavy atom. The van der Waals surface area contributed by atoms with E-state index in [2.05, 4.69) is 31.2 Å². The molecule has 2 aromatic carbocycles. The van der Waals surface area contributed by atoms with Crippen LogP contribution in [0.2, 0.25) is 0 Å². The molecule has 2 atom stereocenters. The van der Waals surface area contributed by atoms with Crippen molar-refractivity contribution in [2.24, 2.45) is 5.92 Å². The Hall–Kier alpha value is -1.67. The van der Waals surface area contributed by atoms with Gasteiger partial charge in [0.1, 0.15) is 0 Å². The van der Waals surface area contributed by atoms with Crippen LogP contribution in [0.1, 0.15) is 12.5 Å². The molecule has 0 aromatic heterocycles. The van der Waals surface area contributed by atoms with Gasteiger partial charge in [-0.1, -0.05) is 67.6 Å². The summed E-state index contributed by atoms with van der Waals surface area (Å²) in [4.78, 5) is 0.905. The lowest BCUT2D eigenvalue weighted by Crippen LogP contribution is -2.05. The standard InChI is InChI=1S/C17H18OS/c1-15(12-13-16-8-4-2-5-9-16)14-19(18)17-10-6-3-7-11-17/h2-13,15H,14H2,1H3/b13-12+/t15-,19+/m0/s1. The fourth-order valence-corrected chi connectivity index (χ4v) is 3.04. The lowest BCUT2D eigenvalue weighted by Gasteiger charge is -2.06. The topological polar surface area (TPSA) is 17.1 Å². The minimum Gasteiger partial charge on any atom is -0.254 e. The van der Waals surface area contributed by atoms with Crippen LogP contribution in [0.5, 0.6) is 0 Å². The van der Waals surface area contributed by atoms with Crippen molar-refractivity contribution in [3.05, 3.63) is 72.3 Å². The molecule has 0 saturated heterocycles. The summed E-state index contributed by atoms with van der Waals surface area (Å²) in [5, 5.41) is 0. The summed E-state index contributed by atoms with van der Waals surface area (Å²) in [6.45, 7) is 2.10. The van der Waals surface area contributed by atoms with Crippen molar-refractivity contribution in [1.29, 1.82) is 0 Å². The first-order valence-electron chi connectivity index (χ1n) is 6.42. The van der Waals surface area contributed by atoms with E-state index in [9.17, 15) is 4.21 Å². The van der Waals surface area contributed by atoms with Gasteiger partial charge in [0.05, 0.1) is 10.8 Å². The van der Waals surface area contributed by atoms with Crippen LogP contribution < -0.4 is 0 Å². The van der Waals surface area contributed by atoms with E-state index >= 15 is 0 Å². The van der Waals surface area contributed by atoms with Gasteiger partial charge in [0.15, 0.2) is 0 Å². The minimum atomic E-state index is -0.923. The number of hydrogen-bond donors (Lipinski definition) is 0. The molecule has 0 spiro atoms. The zero-order chi connectivity index (χ0) is 13.5. The smallest absolute Gasteiger partial charge is 0.0535 e. The van der Waals surface area contributed by atoms with Crippen molar-refractivity contribution in [2.75, 3.05) is 5.75 Å². The van der Waals surface area contributed by atoms with Crippen molar-refractivity contribution < 1.29 is 4.21 Å². The van der Waals surface area contributed by atoms with Gasteiger partial charge >= 0.3 is 0 Å². The molecular formula is C17H18OS. The van der Waals surface area contributed by atoms with Crippen LogP contribution >= 0.6 is 0 Å². The van der Waals surface area contributed by atoms with E-state index in [0.717, 1.165) is 4.90 Å². The third kappa shape index (κ3) is 4.49. The second kappa shape index (κ2) is 7.05. The Kier molecular flexibility index (Phi) is 5.10. The molecular weight excluding hydrogens is 252 g/mol. The maximum atomic E-state index is 12.1. The number of allylic oxidation sites excluding steroid dienone is 1. The molecule has 0 aliphatic rings. The summed E-state index contributed by atoms with van der Waals surface area (Å²) in [5.74, 6) is 0.953. The van der Waals surface area contributed by atoms with Gasteiger partial charge in [-0.15, -0.1) is 0 Å². The largest absolute Gasteiger partial charge is 0.254 e. The highest BCUT2D eigenvalue weighted by molar-refractivity contribution is 7.85. The highest BCUT2D eigenvalue weighted by atomic mass is 32.2. The Labute approximate surface area is 117 Å². The number of hydrogen-bond acceptors (Lipinski definition) is 1. The first kappa shape index (κ1) is 13.8. The highest BCUT2D eigenvalue weighted by Gasteiger charge is 2.06. The van der Waals surface area contributed by atoms with Gasteiger partial charge in [-0.3, -0.25) is 4.21 Å². The lowest BCUT2D eigenvalue weighted by atomic mass is 10.1. The fraction of sp³-hybridized carbons (Fsp3) is 0.176. The predicted octanol–water partition coefficient (Wildman–Crippen LogP) is 4.14. The molecule has 0 amide bonds. The van der Waals surface area contributed by atoms with E-state index in [1.807, 2.05) is 48.5 Å². The monoisotopic (exact) mass is 270 g/mol. The van der Waals surface area contributed by atoms with Crippen LogP contribution in [0, 0.1) is 5.92 Å². The zero-order valence-corrected chi connectivity index (χ0v) is 11.8. The van der Waals surface area contributed by atoms with Crippen LogP contribution in [0.3, 0.4) is 0 Å². The van der Waals surface area contributed by atoms with Crippen LogP contribution in [0.4, 0.5) is 0 Å². The van der Waals surface area contributed by atoms with E-state index in [0.29, 0.717) is 11.7 Å². The SMILES string of the molecule is C[C@@H](/C=C/c1ccccc1)C[S@@](=O)c1ccccc1. The van der Waals surface area contributed by atoms with Crippen LogP contribution in [-0.2, 0) is 10.8 Å². The van der Waals surface area contributed by atoms with E-state index in [-0.39, 0.29) is 0 Å². The van der Waals surface area contributed by atoms with Gasteiger partial charge < -0.3 is 0 Å². The third-order valence-corrected chi connectivity index (χ3v) is 4.46. The Morgan fingerprint density at radius 2 is 1.58 bits per heavy atom. The van der Waals surface area contributed by atoms with E-state index in [1.54, 1.807) is 0 Å². The summed E-state index contributed by atoms with van der Waals surface area (Å²) in [6, 6.07) is 19.8. The normalized spacial score (nSPS) is 14.4. The van der Waals surface area contributed by atoms with Crippen molar-refractivity contribution in [2.45, 2.75) is 11.8 Å². The predicted molar refractivity (Wildman–Crippen MR) is 82.4 cm³/mol. The molecule has 0 unspecified atom stereocenters. The maximum absolute atomic E-state index is 12.1. The van der Waals surface area contributed by atoms with Gasteiger partial charge in [-0.2, -0.15) is 0 Å². The second-order valence-corrected chi connectivity index (χ2v) is 6.07. The van der Waals surface area contributed by atoms with Crippen LogP contribution in [-0.4, -0.2) is 9.96 Å². The first-order valence-corrected chi connectivity index (χ1v) is 7.74. The molecule has 0 heterocycles. The summed E-state index contributed by atoms with van der Waals surface area (Å²) in [6.07, 6.45) is 4.21. The second-order valence-electron chi connectivity index (χ2n) is 4.57. The van der Waals surface area contributed by atoms with Crippen LogP contribution in [0.15, 0.2) is 71.6 Å². The number of benzene rings is 2. The van der Waals surface area contributed by atoms with Crippen molar-refractivity contribution >= 4 is 16.9 Å². The molecule has 0 N–H and O–H groups in total. The molecule has 2 rings (SSSR count). The molecule has 0 aliphatic carbocycles. The fourth-order valence-electron chi connectivity index (χ4n) is 1.80.